The van der Waals surface area contributed by atoms with E-state index in [1.165, 1.54) is 5.06 Å². The molecule has 0 saturated carbocycles. The number of hydrogen-bond acceptors (Lipinski definition) is 6. The first kappa shape index (κ1) is 21.3. The Bertz CT molecular complexity index is 802. The van der Waals surface area contributed by atoms with Crippen molar-refractivity contribution in [3.63, 3.8) is 0 Å². The quantitative estimate of drug-likeness (QED) is 0.481. The van der Waals surface area contributed by atoms with Crippen LogP contribution in [0, 0.1) is 0 Å². The highest BCUT2D eigenvalue weighted by Crippen LogP contribution is 2.29. The molecule has 1 aliphatic heterocycles. The van der Waals surface area contributed by atoms with Crippen LogP contribution in [0.15, 0.2) is 28.8 Å². The summed E-state index contributed by atoms with van der Waals surface area (Å²) in [6.07, 6.45) is -1.96. The topological polar surface area (TPSA) is 77.7 Å². The minimum absolute atomic E-state index is 0.157. The van der Waals surface area contributed by atoms with Crippen molar-refractivity contribution in [1.29, 1.82) is 0 Å². The van der Waals surface area contributed by atoms with Gasteiger partial charge in [-0.2, -0.15) is 18.2 Å². The van der Waals surface area contributed by atoms with Gasteiger partial charge in [0.05, 0.1) is 13.2 Å². The van der Waals surface area contributed by atoms with Gasteiger partial charge in [-0.3, -0.25) is 9.63 Å². The summed E-state index contributed by atoms with van der Waals surface area (Å²) >= 11 is 0. The summed E-state index contributed by atoms with van der Waals surface area (Å²) in [5.74, 6) is -1.78. The second kappa shape index (κ2) is 9.36. The van der Waals surface area contributed by atoms with E-state index < -0.39 is 18.2 Å². The zero-order chi connectivity index (χ0) is 20.9. The maximum Gasteiger partial charge on any atom is 0.471 e. The van der Waals surface area contributed by atoms with Crippen molar-refractivity contribution in [3.05, 3.63) is 35.7 Å². The van der Waals surface area contributed by atoms with Gasteiger partial charge < -0.3 is 9.26 Å². The van der Waals surface area contributed by atoms with Crippen LogP contribution in [-0.4, -0.2) is 40.4 Å². The molecule has 0 aliphatic carbocycles. The summed E-state index contributed by atoms with van der Waals surface area (Å²) in [5.41, 5.74) is 1.12. The van der Waals surface area contributed by atoms with Gasteiger partial charge in [0.15, 0.2) is 0 Å². The largest absolute Gasteiger partial charge is 0.471 e. The van der Waals surface area contributed by atoms with Crippen molar-refractivity contribution in [2.45, 2.75) is 51.4 Å². The third-order valence-electron chi connectivity index (χ3n) is 4.40. The SMILES string of the molecule is CCCCON(Cc1ccc(-c2noc(C(F)(F)F)n2)cc1)C(=O)C1CCCO1. The number of nitrogens with zero attached hydrogens (tertiary/aromatic N) is 3. The number of rotatable bonds is 8. The van der Waals surface area contributed by atoms with E-state index in [0.717, 1.165) is 24.8 Å². The Morgan fingerprint density at radius 1 is 1.31 bits per heavy atom. The summed E-state index contributed by atoms with van der Waals surface area (Å²) in [5, 5.41) is 4.66. The fourth-order valence-electron chi connectivity index (χ4n) is 2.82. The number of carbonyl (C=O) groups excluding carboxylic acids is 1. The van der Waals surface area contributed by atoms with Crippen LogP contribution >= 0.6 is 0 Å². The fourth-order valence-corrected chi connectivity index (χ4v) is 2.82. The summed E-state index contributed by atoms with van der Waals surface area (Å²) in [4.78, 5) is 21.7. The van der Waals surface area contributed by atoms with Crippen molar-refractivity contribution >= 4 is 5.91 Å². The molecule has 1 fully saturated rings. The molecule has 3 rings (SSSR count). The lowest BCUT2D eigenvalue weighted by molar-refractivity contribution is -0.199. The molecule has 0 bridgehead atoms. The van der Waals surface area contributed by atoms with E-state index >= 15 is 0 Å². The zero-order valence-electron chi connectivity index (χ0n) is 15.9. The molecule has 1 aromatic heterocycles. The average molecular weight is 413 g/mol. The van der Waals surface area contributed by atoms with Crippen molar-refractivity contribution in [2.24, 2.45) is 0 Å². The van der Waals surface area contributed by atoms with E-state index in [2.05, 4.69) is 14.7 Å². The van der Waals surface area contributed by atoms with Gasteiger partial charge in [0, 0.05) is 12.2 Å². The molecule has 158 valence electrons. The first-order valence-corrected chi connectivity index (χ1v) is 9.44. The number of aromatic nitrogens is 2. The summed E-state index contributed by atoms with van der Waals surface area (Å²) < 4.78 is 47.5. The summed E-state index contributed by atoms with van der Waals surface area (Å²) in [6, 6.07) is 6.50. The van der Waals surface area contributed by atoms with Crippen LogP contribution in [0.2, 0.25) is 0 Å². The molecular formula is C19H22F3N3O4. The van der Waals surface area contributed by atoms with E-state index in [1.54, 1.807) is 24.3 Å². The first-order chi connectivity index (χ1) is 13.9. The van der Waals surface area contributed by atoms with Crippen molar-refractivity contribution < 1.29 is 32.1 Å². The van der Waals surface area contributed by atoms with E-state index in [-0.39, 0.29) is 18.3 Å². The Kier molecular flexibility index (Phi) is 6.86. The fraction of sp³-hybridized carbons (Fsp3) is 0.526. The minimum Gasteiger partial charge on any atom is -0.368 e. The average Bonchev–Trinajstić information content (AvgIpc) is 3.39. The standard InChI is InChI=1S/C19H22F3N3O4/c1-2-3-11-28-25(17(26)15-5-4-10-27-15)12-13-6-8-14(9-7-13)16-23-18(29-24-16)19(20,21)22/h6-9,15H,2-5,10-12H2,1H3. The Labute approximate surface area is 165 Å². The highest BCUT2D eigenvalue weighted by Gasteiger charge is 2.38. The molecule has 1 amide bonds. The highest BCUT2D eigenvalue weighted by molar-refractivity contribution is 5.80. The van der Waals surface area contributed by atoms with Gasteiger partial charge in [0.2, 0.25) is 5.82 Å². The molecule has 1 unspecified atom stereocenters. The molecule has 1 saturated heterocycles. The van der Waals surface area contributed by atoms with Crippen LogP contribution in [0.5, 0.6) is 0 Å². The number of benzene rings is 1. The van der Waals surface area contributed by atoms with Gasteiger partial charge in [0.25, 0.3) is 5.91 Å². The molecule has 29 heavy (non-hydrogen) atoms. The Balaban J connectivity index is 1.69. The maximum absolute atomic E-state index is 12.7. The van der Waals surface area contributed by atoms with Crippen LogP contribution in [0.1, 0.15) is 44.1 Å². The third kappa shape index (κ3) is 5.54. The molecule has 1 aliphatic rings. The number of halogens is 3. The van der Waals surface area contributed by atoms with Crippen molar-refractivity contribution in [1.82, 2.24) is 15.2 Å². The monoisotopic (exact) mass is 413 g/mol. The third-order valence-corrected chi connectivity index (χ3v) is 4.40. The molecule has 1 atom stereocenters. The number of ether oxygens (including phenoxy) is 1. The second-order valence-corrected chi connectivity index (χ2v) is 6.68. The molecular weight excluding hydrogens is 391 g/mol. The van der Waals surface area contributed by atoms with E-state index in [1.807, 2.05) is 6.92 Å². The van der Waals surface area contributed by atoms with Gasteiger partial charge in [-0.05, 0) is 24.8 Å². The Morgan fingerprint density at radius 3 is 2.66 bits per heavy atom. The molecule has 0 N–H and O–H groups in total. The van der Waals surface area contributed by atoms with E-state index in [4.69, 9.17) is 9.57 Å². The van der Waals surface area contributed by atoms with Gasteiger partial charge >= 0.3 is 12.1 Å². The predicted octanol–water partition coefficient (Wildman–Crippen LogP) is 3.99. The van der Waals surface area contributed by atoms with Gasteiger partial charge in [-0.15, -0.1) is 0 Å². The number of hydroxylamine groups is 2. The lowest BCUT2D eigenvalue weighted by Gasteiger charge is -2.24. The normalized spacial score (nSPS) is 16.9. The number of amides is 1. The van der Waals surface area contributed by atoms with Crippen LogP contribution in [0.25, 0.3) is 11.4 Å². The number of hydrogen-bond donors (Lipinski definition) is 0. The molecule has 7 nitrogen and oxygen atoms in total. The molecule has 0 radical (unpaired) electrons. The smallest absolute Gasteiger partial charge is 0.368 e. The predicted molar refractivity (Wildman–Crippen MR) is 95.1 cm³/mol. The highest BCUT2D eigenvalue weighted by atomic mass is 19.4. The first-order valence-electron chi connectivity index (χ1n) is 9.44. The minimum atomic E-state index is -4.69. The Morgan fingerprint density at radius 2 is 2.07 bits per heavy atom. The van der Waals surface area contributed by atoms with E-state index in [0.29, 0.717) is 25.2 Å². The van der Waals surface area contributed by atoms with Crippen LogP contribution in [-0.2, 0) is 27.1 Å². The van der Waals surface area contributed by atoms with Crippen LogP contribution in [0.3, 0.4) is 0 Å². The maximum atomic E-state index is 12.7. The van der Waals surface area contributed by atoms with Crippen molar-refractivity contribution in [3.8, 4) is 11.4 Å². The number of alkyl halides is 3. The van der Waals surface area contributed by atoms with Gasteiger partial charge in [-0.25, -0.2) is 5.06 Å². The van der Waals surface area contributed by atoms with Crippen LogP contribution < -0.4 is 0 Å². The molecule has 0 spiro atoms. The lowest BCUT2D eigenvalue weighted by Crippen LogP contribution is -2.38. The van der Waals surface area contributed by atoms with Crippen molar-refractivity contribution in [2.75, 3.05) is 13.2 Å². The molecule has 1 aromatic carbocycles. The molecule has 10 heteroatoms. The van der Waals surface area contributed by atoms with Crippen LogP contribution in [0.4, 0.5) is 13.2 Å². The second-order valence-electron chi connectivity index (χ2n) is 6.68. The van der Waals surface area contributed by atoms with Gasteiger partial charge in [0.1, 0.15) is 6.10 Å². The van der Waals surface area contributed by atoms with Gasteiger partial charge in [-0.1, -0.05) is 42.8 Å². The number of unbranched alkanes of at least 4 members (excludes halogenated alkanes) is 1. The number of carbonyl (C=O) groups is 1. The Hall–Kier alpha value is -2.46. The molecule has 2 aromatic rings. The lowest BCUT2D eigenvalue weighted by atomic mass is 10.1. The van der Waals surface area contributed by atoms with E-state index in [9.17, 15) is 18.0 Å². The summed E-state index contributed by atoms with van der Waals surface area (Å²) in [7, 11) is 0. The zero-order valence-corrected chi connectivity index (χ0v) is 15.9. The molecule has 2 heterocycles. The summed E-state index contributed by atoms with van der Waals surface area (Å²) in [6.45, 7) is 3.19.